The van der Waals surface area contributed by atoms with Crippen molar-refractivity contribution in [1.29, 1.82) is 0 Å². The monoisotopic (exact) mass is 311 g/mol. The van der Waals surface area contributed by atoms with Gasteiger partial charge in [0, 0.05) is 0 Å². The molecule has 3 aromatic rings. The van der Waals surface area contributed by atoms with Crippen LogP contribution in [-0.2, 0) is 0 Å². The average molecular weight is 311 g/mol. The van der Waals surface area contributed by atoms with E-state index in [1.165, 1.54) is 11.3 Å². The number of rotatable bonds is 3. The van der Waals surface area contributed by atoms with Gasteiger partial charge in [0.15, 0.2) is 11.5 Å². The summed E-state index contributed by atoms with van der Waals surface area (Å²) in [6.45, 7) is 3.71. The molecule has 0 saturated carbocycles. The molecule has 0 aliphatic carbocycles. The second-order valence-electron chi connectivity index (χ2n) is 4.63. The van der Waals surface area contributed by atoms with E-state index in [-0.39, 0.29) is 11.3 Å². The second-order valence-corrected chi connectivity index (χ2v) is 5.76. The van der Waals surface area contributed by atoms with Crippen LogP contribution in [0.4, 0.5) is 0 Å². The minimum absolute atomic E-state index is 0.0891. The highest BCUT2D eigenvalue weighted by molar-refractivity contribution is 7.07. The van der Waals surface area contributed by atoms with Crippen molar-refractivity contribution in [3.63, 3.8) is 0 Å². The lowest BCUT2D eigenvalue weighted by molar-refractivity contribution is 0.411. The van der Waals surface area contributed by atoms with Crippen molar-refractivity contribution in [1.82, 2.24) is 4.98 Å². The number of aromatic amines is 1. The third-order valence-corrected chi connectivity index (χ3v) is 3.85. The number of phenols is 1. The normalized spacial score (nSPS) is 11.5. The van der Waals surface area contributed by atoms with E-state index in [4.69, 9.17) is 4.74 Å². The largest absolute Gasteiger partial charge is 0.504 e. The molecule has 0 saturated heterocycles. The molecule has 0 aliphatic heterocycles. The highest BCUT2D eigenvalue weighted by Crippen LogP contribution is 2.29. The van der Waals surface area contributed by atoms with Gasteiger partial charge in [-0.1, -0.05) is 30.8 Å². The average Bonchev–Trinajstić information content (AvgIpc) is 2.81. The molecule has 1 heterocycles. The highest BCUT2D eigenvalue weighted by Gasteiger charge is 2.02. The summed E-state index contributed by atoms with van der Waals surface area (Å²) in [5.74, 6) is 1.10. The lowest BCUT2D eigenvalue weighted by Gasteiger charge is -2.07. The molecule has 0 fully saturated rings. The van der Waals surface area contributed by atoms with Crippen LogP contribution in [0.15, 0.2) is 53.3 Å². The number of nitrogens with one attached hydrogen (secondary N) is 1. The first-order valence-corrected chi connectivity index (χ1v) is 7.39. The summed E-state index contributed by atoms with van der Waals surface area (Å²) in [5.41, 5.74) is 0.751. The first-order valence-electron chi connectivity index (χ1n) is 6.57. The summed E-state index contributed by atoms with van der Waals surface area (Å²) in [6.07, 6.45) is 1.79. The Morgan fingerprint density at radius 1 is 1.14 bits per heavy atom. The molecule has 0 amide bonds. The number of thiazole rings is 1. The standard InChI is InChI=1S/C17H13NO3S/c1-11-18-17(20)16(22-11)10-12-6-8-13(9-7-12)21-15-5-3-2-4-14(15)19/h2-10,19H,1H2,(H,18,20)/b16-10-. The molecule has 22 heavy (non-hydrogen) atoms. The number of H-pyrrole nitrogens is 1. The van der Waals surface area contributed by atoms with Crippen molar-refractivity contribution in [2.24, 2.45) is 0 Å². The van der Waals surface area contributed by atoms with E-state index >= 15 is 0 Å². The lowest BCUT2D eigenvalue weighted by Crippen LogP contribution is -2.19. The van der Waals surface area contributed by atoms with Gasteiger partial charge in [0.1, 0.15) is 5.75 Å². The maximum Gasteiger partial charge on any atom is 0.266 e. The van der Waals surface area contributed by atoms with Crippen LogP contribution in [-0.4, -0.2) is 10.1 Å². The summed E-state index contributed by atoms with van der Waals surface area (Å²) in [6, 6.07) is 14.0. The van der Waals surface area contributed by atoms with Gasteiger partial charge in [0.05, 0.1) is 9.20 Å². The number of para-hydroxylation sites is 2. The number of hydrogen-bond acceptors (Lipinski definition) is 4. The SMILES string of the molecule is C=c1[nH]c(=O)/c(=C/c2ccc(Oc3ccccc3O)cc2)s1. The Labute approximate surface area is 130 Å². The fourth-order valence-corrected chi connectivity index (χ4v) is 2.69. The molecular weight excluding hydrogens is 298 g/mol. The summed E-state index contributed by atoms with van der Waals surface area (Å²) in [5, 5.41) is 9.68. The maximum absolute atomic E-state index is 11.6. The van der Waals surface area contributed by atoms with Gasteiger partial charge in [-0.05, 0) is 35.9 Å². The molecule has 2 N–H and O–H groups in total. The fourth-order valence-electron chi connectivity index (χ4n) is 1.94. The van der Waals surface area contributed by atoms with Crippen LogP contribution in [0.2, 0.25) is 0 Å². The molecule has 0 unspecified atom stereocenters. The van der Waals surface area contributed by atoms with E-state index in [9.17, 15) is 9.90 Å². The Morgan fingerprint density at radius 3 is 2.50 bits per heavy atom. The first-order chi connectivity index (χ1) is 10.6. The predicted octanol–water partition coefficient (Wildman–Crippen LogP) is 2.17. The molecule has 1 aromatic heterocycles. The van der Waals surface area contributed by atoms with E-state index in [0.29, 0.717) is 20.7 Å². The van der Waals surface area contributed by atoms with E-state index in [2.05, 4.69) is 11.6 Å². The van der Waals surface area contributed by atoms with Crippen molar-refractivity contribution in [2.75, 3.05) is 0 Å². The third kappa shape index (κ3) is 3.10. The van der Waals surface area contributed by atoms with Gasteiger partial charge >= 0.3 is 0 Å². The molecular formula is C17H13NO3S. The van der Waals surface area contributed by atoms with E-state index in [1.807, 2.05) is 12.1 Å². The summed E-state index contributed by atoms with van der Waals surface area (Å²) < 4.78 is 6.85. The van der Waals surface area contributed by atoms with E-state index in [0.717, 1.165) is 5.56 Å². The van der Waals surface area contributed by atoms with Gasteiger partial charge < -0.3 is 14.8 Å². The fraction of sp³-hybridized carbons (Fsp3) is 0. The topological polar surface area (TPSA) is 62.3 Å². The molecule has 110 valence electrons. The zero-order valence-electron chi connectivity index (χ0n) is 11.6. The Balaban J connectivity index is 1.86. The minimum Gasteiger partial charge on any atom is -0.504 e. The number of benzene rings is 2. The van der Waals surface area contributed by atoms with Gasteiger partial charge in [-0.15, -0.1) is 11.3 Å². The summed E-state index contributed by atoms with van der Waals surface area (Å²) in [4.78, 5) is 14.3. The number of phenolic OH excluding ortho intramolecular Hbond substituents is 1. The van der Waals surface area contributed by atoms with Gasteiger partial charge in [-0.3, -0.25) is 4.79 Å². The molecule has 0 bridgehead atoms. The van der Waals surface area contributed by atoms with Gasteiger partial charge in [-0.25, -0.2) is 0 Å². The molecule has 4 nitrogen and oxygen atoms in total. The molecule has 0 spiro atoms. The van der Waals surface area contributed by atoms with Crippen molar-refractivity contribution in [3.05, 3.63) is 73.6 Å². The zero-order chi connectivity index (χ0) is 15.5. The zero-order valence-corrected chi connectivity index (χ0v) is 12.4. The molecule has 2 aromatic carbocycles. The smallest absolute Gasteiger partial charge is 0.266 e. The Bertz CT molecular complexity index is 955. The van der Waals surface area contributed by atoms with E-state index in [1.54, 1.807) is 42.5 Å². The van der Waals surface area contributed by atoms with Crippen LogP contribution in [0.25, 0.3) is 12.7 Å². The summed E-state index contributed by atoms with van der Waals surface area (Å²) in [7, 11) is 0. The number of aromatic hydroxyl groups is 1. The van der Waals surface area contributed by atoms with Crippen LogP contribution in [0.5, 0.6) is 17.2 Å². The number of aromatic nitrogens is 1. The van der Waals surface area contributed by atoms with Crippen molar-refractivity contribution < 1.29 is 9.84 Å². The summed E-state index contributed by atoms with van der Waals surface area (Å²) >= 11 is 1.32. The molecule has 0 radical (unpaired) electrons. The lowest BCUT2D eigenvalue weighted by atomic mass is 10.2. The van der Waals surface area contributed by atoms with Crippen LogP contribution in [0, 0.1) is 0 Å². The van der Waals surface area contributed by atoms with Crippen LogP contribution in [0.1, 0.15) is 5.56 Å². The Hall–Kier alpha value is -2.79. The van der Waals surface area contributed by atoms with E-state index < -0.39 is 0 Å². The number of hydrogen-bond donors (Lipinski definition) is 2. The number of ether oxygens (including phenoxy) is 1. The van der Waals surface area contributed by atoms with Gasteiger partial charge in [-0.2, -0.15) is 0 Å². The Kier molecular flexibility index (Phi) is 3.80. The van der Waals surface area contributed by atoms with Crippen molar-refractivity contribution >= 4 is 24.0 Å². The van der Waals surface area contributed by atoms with Crippen molar-refractivity contribution in [3.8, 4) is 17.2 Å². The predicted molar refractivity (Wildman–Crippen MR) is 87.9 cm³/mol. The van der Waals surface area contributed by atoms with Crippen LogP contribution in [0.3, 0.4) is 0 Å². The molecule has 5 heteroatoms. The highest BCUT2D eigenvalue weighted by atomic mass is 32.1. The quantitative estimate of drug-likeness (QED) is 0.779. The third-order valence-electron chi connectivity index (χ3n) is 2.98. The maximum atomic E-state index is 11.6. The second kappa shape index (κ2) is 5.91. The van der Waals surface area contributed by atoms with Gasteiger partial charge in [0.25, 0.3) is 5.56 Å². The molecule has 0 aliphatic rings. The first kappa shape index (κ1) is 14.2. The van der Waals surface area contributed by atoms with Crippen LogP contribution >= 0.6 is 11.3 Å². The molecule has 3 rings (SSSR count). The minimum atomic E-state index is -0.135. The van der Waals surface area contributed by atoms with Gasteiger partial charge in [0.2, 0.25) is 0 Å². The van der Waals surface area contributed by atoms with Crippen LogP contribution < -0.4 is 19.5 Å². The molecule has 0 atom stereocenters. The Morgan fingerprint density at radius 2 is 1.86 bits per heavy atom. The van der Waals surface area contributed by atoms with Crippen molar-refractivity contribution in [2.45, 2.75) is 0 Å².